The van der Waals surface area contributed by atoms with Crippen molar-refractivity contribution in [3.8, 4) is 0 Å². The average molecular weight is 244 g/mol. The van der Waals surface area contributed by atoms with Gasteiger partial charge in [-0.1, -0.05) is 0 Å². The second-order valence-corrected chi connectivity index (χ2v) is 4.53. The second-order valence-electron chi connectivity index (χ2n) is 4.53. The Kier molecular flexibility index (Phi) is 2.62. The van der Waals surface area contributed by atoms with Crippen LogP contribution in [-0.4, -0.2) is 19.7 Å². The number of nitrogens with one attached hydrogen (secondary N) is 1. The van der Waals surface area contributed by atoms with Gasteiger partial charge in [0, 0.05) is 30.4 Å². The normalized spacial score (nSPS) is 13.6. The van der Waals surface area contributed by atoms with Gasteiger partial charge in [0.2, 0.25) is 0 Å². The average Bonchev–Trinajstić information content (AvgIpc) is 2.97. The van der Waals surface area contributed by atoms with Gasteiger partial charge in [0.15, 0.2) is 0 Å². The predicted molar refractivity (Wildman–Crippen MR) is 69.0 cm³/mol. The van der Waals surface area contributed by atoms with Crippen molar-refractivity contribution >= 4 is 11.6 Å². The molecular weight excluding hydrogens is 228 g/mol. The molecule has 0 atom stereocenters. The van der Waals surface area contributed by atoms with Gasteiger partial charge in [-0.2, -0.15) is 5.10 Å². The van der Waals surface area contributed by atoms with E-state index in [0.29, 0.717) is 12.4 Å². The highest BCUT2D eigenvalue weighted by atomic mass is 15.3. The van der Waals surface area contributed by atoms with Gasteiger partial charge in [-0.15, -0.1) is 0 Å². The van der Waals surface area contributed by atoms with Gasteiger partial charge in [0.1, 0.15) is 18.0 Å². The lowest BCUT2D eigenvalue weighted by Gasteiger charge is -2.09. The highest BCUT2D eigenvalue weighted by Gasteiger charge is 2.17. The largest absolute Gasteiger partial charge is 0.384 e. The first-order valence-electron chi connectivity index (χ1n) is 6.08. The first-order valence-corrected chi connectivity index (χ1v) is 6.08. The number of nitrogens with two attached hydrogens (primary N) is 1. The van der Waals surface area contributed by atoms with E-state index in [1.165, 1.54) is 11.3 Å². The third-order valence-corrected chi connectivity index (χ3v) is 3.39. The maximum atomic E-state index is 5.91. The van der Waals surface area contributed by atoms with Crippen molar-refractivity contribution < 1.29 is 0 Å². The molecule has 0 amide bonds. The second kappa shape index (κ2) is 4.29. The molecule has 0 saturated carbocycles. The number of rotatable bonds is 3. The Hall–Kier alpha value is -2.11. The fraction of sp³-hybridized carbons (Fsp3) is 0.417. The summed E-state index contributed by atoms with van der Waals surface area (Å²) in [5.74, 6) is 1.62. The van der Waals surface area contributed by atoms with Crippen LogP contribution in [-0.2, 0) is 26.4 Å². The standard InChI is InChI=1S/C12H16N6/c1-18-11(13)8(6-17-18)5-14-12-9-3-2-4-10(9)15-7-16-12/h6-7H,2-5,13H2,1H3,(H,14,15,16). The minimum atomic E-state index is 0.642. The summed E-state index contributed by atoms with van der Waals surface area (Å²) in [6.45, 7) is 0.642. The van der Waals surface area contributed by atoms with Gasteiger partial charge in [-0.25, -0.2) is 9.97 Å². The molecule has 0 fully saturated rings. The molecule has 0 bridgehead atoms. The zero-order valence-corrected chi connectivity index (χ0v) is 10.3. The molecule has 3 rings (SSSR count). The number of anilines is 2. The molecule has 2 aromatic rings. The van der Waals surface area contributed by atoms with Gasteiger partial charge >= 0.3 is 0 Å². The summed E-state index contributed by atoms with van der Waals surface area (Å²) in [6.07, 6.45) is 6.68. The summed E-state index contributed by atoms with van der Waals surface area (Å²) in [7, 11) is 1.83. The third kappa shape index (κ3) is 1.79. The molecule has 0 aromatic carbocycles. The first kappa shape index (κ1) is 11.0. The summed E-state index contributed by atoms with van der Waals surface area (Å²) in [4.78, 5) is 8.62. The Labute approximate surface area is 105 Å². The van der Waals surface area contributed by atoms with E-state index in [4.69, 9.17) is 5.73 Å². The molecule has 0 radical (unpaired) electrons. The molecule has 6 heteroatoms. The minimum Gasteiger partial charge on any atom is -0.384 e. The van der Waals surface area contributed by atoms with Crippen LogP contribution in [0.5, 0.6) is 0 Å². The molecule has 94 valence electrons. The van der Waals surface area contributed by atoms with Crippen LogP contribution in [0.3, 0.4) is 0 Å². The van der Waals surface area contributed by atoms with Crippen molar-refractivity contribution in [1.82, 2.24) is 19.7 Å². The molecule has 0 spiro atoms. The number of fused-ring (bicyclic) bond motifs is 1. The molecule has 0 unspecified atom stereocenters. The molecular formula is C12H16N6. The van der Waals surface area contributed by atoms with E-state index >= 15 is 0 Å². The lowest BCUT2D eigenvalue weighted by atomic mass is 10.2. The monoisotopic (exact) mass is 244 g/mol. The number of aryl methyl sites for hydroxylation is 2. The van der Waals surface area contributed by atoms with E-state index in [1.54, 1.807) is 17.2 Å². The van der Waals surface area contributed by atoms with Crippen molar-refractivity contribution in [2.24, 2.45) is 7.05 Å². The minimum absolute atomic E-state index is 0.642. The van der Waals surface area contributed by atoms with Crippen LogP contribution in [0.25, 0.3) is 0 Å². The van der Waals surface area contributed by atoms with E-state index in [0.717, 1.165) is 30.6 Å². The summed E-state index contributed by atoms with van der Waals surface area (Å²) < 4.78 is 1.67. The van der Waals surface area contributed by atoms with Crippen LogP contribution in [0.2, 0.25) is 0 Å². The molecule has 0 saturated heterocycles. The number of hydrogen-bond acceptors (Lipinski definition) is 5. The van der Waals surface area contributed by atoms with Crippen molar-refractivity contribution in [3.05, 3.63) is 29.3 Å². The topological polar surface area (TPSA) is 81.7 Å². The molecule has 6 nitrogen and oxygen atoms in total. The highest BCUT2D eigenvalue weighted by molar-refractivity contribution is 5.49. The molecule has 3 N–H and O–H groups in total. The van der Waals surface area contributed by atoms with Gasteiger partial charge in [0.25, 0.3) is 0 Å². The molecule has 2 heterocycles. The lowest BCUT2D eigenvalue weighted by Crippen LogP contribution is -2.07. The van der Waals surface area contributed by atoms with E-state index in [1.807, 2.05) is 7.05 Å². The Bertz CT molecular complexity index is 574. The maximum absolute atomic E-state index is 5.91. The Balaban J connectivity index is 1.78. The SMILES string of the molecule is Cn1ncc(CNc2ncnc3c2CCC3)c1N. The smallest absolute Gasteiger partial charge is 0.133 e. The van der Waals surface area contributed by atoms with Gasteiger partial charge in [0.05, 0.1) is 6.20 Å². The molecule has 1 aliphatic rings. The maximum Gasteiger partial charge on any atom is 0.133 e. The Morgan fingerprint density at radius 1 is 1.39 bits per heavy atom. The fourth-order valence-electron chi connectivity index (χ4n) is 2.32. The van der Waals surface area contributed by atoms with Gasteiger partial charge in [-0.05, 0) is 19.3 Å². The third-order valence-electron chi connectivity index (χ3n) is 3.39. The Morgan fingerprint density at radius 3 is 3.06 bits per heavy atom. The number of aromatic nitrogens is 4. The zero-order valence-electron chi connectivity index (χ0n) is 10.3. The summed E-state index contributed by atoms with van der Waals surface area (Å²) >= 11 is 0. The molecule has 2 aromatic heterocycles. The first-order chi connectivity index (χ1) is 8.75. The van der Waals surface area contributed by atoms with E-state index in [-0.39, 0.29) is 0 Å². The summed E-state index contributed by atoms with van der Waals surface area (Å²) in [5.41, 5.74) is 9.32. The van der Waals surface area contributed by atoms with Gasteiger partial charge < -0.3 is 11.1 Å². The van der Waals surface area contributed by atoms with Crippen LogP contribution < -0.4 is 11.1 Å². The quantitative estimate of drug-likeness (QED) is 0.838. The highest BCUT2D eigenvalue weighted by Crippen LogP contribution is 2.25. The summed E-state index contributed by atoms with van der Waals surface area (Å²) in [6, 6.07) is 0. The van der Waals surface area contributed by atoms with Crippen LogP contribution in [0.1, 0.15) is 23.2 Å². The summed E-state index contributed by atoms with van der Waals surface area (Å²) in [5, 5.41) is 7.45. The van der Waals surface area contributed by atoms with Crippen LogP contribution >= 0.6 is 0 Å². The number of hydrogen-bond donors (Lipinski definition) is 2. The van der Waals surface area contributed by atoms with Crippen molar-refractivity contribution in [2.75, 3.05) is 11.1 Å². The zero-order chi connectivity index (χ0) is 12.5. The van der Waals surface area contributed by atoms with Crippen LogP contribution in [0, 0.1) is 0 Å². The number of nitrogens with zero attached hydrogens (tertiary/aromatic N) is 4. The van der Waals surface area contributed by atoms with Crippen molar-refractivity contribution in [3.63, 3.8) is 0 Å². The van der Waals surface area contributed by atoms with Crippen LogP contribution in [0.15, 0.2) is 12.5 Å². The van der Waals surface area contributed by atoms with Gasteiger partial charge in [-0.3, -0.25) is 4.68 Å². The van der Waals surface area contributed by atoms with Crippen LogP contribution in [0.4, 0.5) is 11.6 Å². The molecule has 1 aliphatic carbocycles. The lowest BCUT2D eigenvalue weighted by molar-refractivity contribution is 0.778. The molecule has 18 heavy (non-hydrogen) atoms. The van der Waals surface area contributed by atoms with E-state index in [9.17, 15) is 0 Å². The van der Waals surface area contributed by atoms with E-state index in [2.05, 4.69) is 20.4 Å². The fourth-order valence-corrected chi connectivity index (χ4v) is 2.32. The Morgan fingerprint density at radius 2 is 2.28 bits per heavy atom. The van der Waals surface area contributed by atoms with Crippen molar-refractivity contribution in [1.29, 1.82) is 0 Å². The predicted octanol–water partition coefficient (Wildman–Crippen LogP) is 0.893. The van der Waals surface area contributed by atoms with E-state index < -0.39 is 0 Å². The van der Waals surface area contributed by atoms with Crippen molar-refractivity contribution in [2.45, 2.75) is 25.8 Å². The number of nitrogen functional groups attached to an aromatic ring is 1. The molecule has 0 aliphatic heterocycles.